The first kappa shape index (κ1) is 22.7. The summed E-state index contributed by atoms with van der Waals surface area (Å²) in [6.07, 6.45) is 1.53. The van der Waals surface area contributed by atoms with Gasteiger partial charge >= 0.3 is 0 Å². The number of hydrogen-bond acceptors (Lipinski definition) is 8. The van der Waals surface area contributed by atoms with Gasteiger partial charge in [-0.25, -0.2) is 0 Å². The van der Waals surface area contributed by atoms with Crippen molar-refractivity contribution in [2.75, 3.05) is 49.8 Å². The van der Waals surface area contributed by atoms with Gasteiger partial charge in [-0.2, -0.15) is 0 Å². The van der Waals surface area contributed by atoms with Gasteiger partial charge in [0.2, 0.25) is 5.78 Å². The molecule has 0 fully saturated rings. The average Bonchev–Trinajstić information content (AvgIpc) is 2.80. The van der Waals surface area contributed by atoms with E-state index in [1.165, 1.54) is 55.8 Å². The second-order valence-electron chi connectivity index (χ2n) is 5.89. The molecule has 0 aliphatic rings. The number of carbonyl (C=O) groups excluding carboxylic acids is 1. The molecule has 0 aliphatic heterocycles. The van der Waals surface area contributed by atoms with Crippen LogP contribution in [0.3, 0.4) is 0 Å². The molecule has 0 radical (unpaired) electrons. The Morgan fingerprint density at radius 1 is 0.633 bits per heavy atom. The molecule has 162 valence electrons. The summed E-state index contributed by atoms with van der Waals surface area (Å²) in [4.78, 5) is 13.4. The monoisotopic (exact) mass is 418 g/mol. The molecule has 0 saturated carbocycles. The highest BCUT2D eigenvalue weighted by Gasteiger charge is 2.25. The molecule has 8 nitrogen and oxygen atoms in total. The van der Waals surface area contributed by atoms with Gasteiger partial charge in [0.05, 0.1) is 55.3 Å². The van der Waals surface area contributed by atoms with Gasteiger partial charge in [0.1, 0.15) is 40.1 Å². The minimum absolute atomic E-state index is 0.0264. The number of methoxy groups -OCH3 is 7. The lowest BCUT2D eigenvalue weighted by Gasteiger charge is -2.16. The molecule has 2 aromatic carbocycles. The van der Waals surface area contributed by atoms with Crippen molar-refractivity contribution in [3.8, 4) is 34.5 Å². The number of carbonyl (C=O) groups is 1. The lowest BCUT2D eigenvalue weighted by atomic mass is 10.0. The van der Waals surface area contributed by atoms with Gasteiger partial charge in [0.15, 0.2) is 5.76 Å². The maximum atomic E-state index is 13.4. The molecule has 2 rings (SSSR count). The molecule has 2 aromatic rings. The smallest absolute Gasteiger partial charge is 0.235 e. The summed E-state index contributed by atoms with van der Waals surface area (Å²) < 4.78 is 37.6. The number of allylic oxidation sites excluding steroid dienone is 1. The molecule has 0 unspecified atom stereocenters. The van der Waals surface area contributed by atoms with E-state index in [2.05, 4.69) is 0 Å². The van der Waals surface area contributed by atoms with Crippen molar-refractivity contribution >= 4 is 11.9 Å². The third-order valence-corrected chi connectivity index (χ3v) is 4.41. The predicted molar refractivity (Wildman–Crippen MR) is 112 cm³/mol. The summed E-state index contributed by atoms with van der Waals surface area (Å²) in [5.74, 6) is 2.07. The fourth-order valence-corrected chi connectivity index (χ4v) is 2.88. The Bertz CT molecular complexity index is 883. The molecule has 0 N–H and O–H groups in total. The Balaban J connectivity index is 2.67. The third kappa shape index (κ3) is 4.53. The first-order valence-corrected chi connectivity index (χ1v) is 8.88. The van der Waals surface area contributed by atoms with Crippen LogP contribution in [-0.4, -0.2) is 55.6 Å². The van der Waals surface area contributed by atoms with E-state index in [1.807, 2.05) is 0 Å². The van der Waals surface area contributed by atoms with Gasteiger partial charge in [-0.15, -0.1) is 0 Å². The largest absolute Gasteiger partial charge is 0.496 e. The van der Waals surface area contributed by atoms with Gasteiger partial charge in [0.25, 0.3) is 0 Å². The van der Waals surface area contributed by atoms with Crippen LogP contribution in [0.25, 0.3) is 6.08 Å². The average molecular weight is 418 g/mol. The van der Waals surface area contributed by atoms with Crippen LogP contribution >= 0.6 is 0 Å². The molecule has 0 aromatic heterocycles. The van der Waals surface area contributed by atoms with Crippen LogP contribution in [0.15, 0.2) is 30.0 Å². The van der Waals surface area contributed by atoms with E-state index >= 15 is 0 Å². The Morgan fingerprint density at radius 3 is 1.37 bits per heavy atom. The molecule has 8 heteroatoms. The van der Waals surface area contributed by atoms with Crippen molar-refractivity contribution in [3.63, 3.8) is 0 Å². The van der Waals surface area contributed by atoms with Gasteiger partial charge in [-0.1, -0.05) is 0 Å². The summed E-state index contributed by atoms with van der Waals surface area (Å²) in [5.41, 5.74) is 0.706. The number of ether oxygens (including phenoxy) is 7. The standard InChI is InChI=1S/C22H26O8/c1-24-13-8-16(26-3)15(17(9-13)27-4)12-20(30-7)22(23)21-18(28-5)10-14(25-2)11-19(21)29-6/h8-12H,1-7H3/b20-12-. The summed E-state index contributed by atoms with van der Waals surface area (Å²) in [6.45, 7) is 0. The van der Waals surface area contributed by atoms with Gasteiger partial charge in [0, 0.05) is 24.3 Å². The molecule has 0 atom stereocenters. The SMILES string of the molecule is CO/C(=C\c1c(OC)cc(OC)cc1OC)C(=O)c1c(OC)cc(OC)cc1OC. The molecule has 0 amide bonds. The minimum Gasteiger partial charge on any atom is -0.496 e. The van der Waals surface area contributed by atoms with E-state index in [4.69, 9.17) is 33.2 Å². The summed E-state index contributed by atoms with van der Waals surface area (Å²) in [7, 11) is 10.4. The van der Waals surface area contributed by atoms with Crippen LogP contribution in [-0.2, 0) is 4.74 Å². The number of rotatable bonds is 10. The maximum absolute atomic E-state index is 13.4. The van der Waals surface area contributed by atoms with Crippen molar-refractivity contribution in [2.24, 2.45) is 0 Å². The second kappa shape index (κ2) is 10.3. The molecule has 0 aliphatic carbocycles. The van der Waals surface area contributed by atoms with Crippen LogP contribution < -0.4 is 28.4 Å². The highest BCUT2D eigenvalue weighted by Crippen LogP contribution is 2.38. The molecular formula is C22H26O8. The van der Waals surface area contributed by atoms with Crippen molar-refractivity contribution in [1.82, 2.24) is 0 Å². The number of Topliss-reactive ketones (excluding diaryl/α,β-unsaturated/α-hetero) is 1. The summed E-state index contributed by atoms with van der Waals surface area (Å²) in [6, 6.07) is 6.55. The van der Waals surface area contributed by atoms with Gasteiger partial charge in [-0.05, 0) is 6.08 Å². The lowest BCUT2D eigenvalue weighted by molar-refractivity contribution is 0.0951. The van der Waals surface area contributed by atoms with E-state index < -0.39 is 5.78 Å². The third-order valence-electron chi connectivity index (χ3n) is 4.41. The zero-order chi connectivity index (χ0) is 22.3. The Labute approximate surface area is 175 Å². The minimum atomic E-state index is -0.450. The van der Waals surface area contributed by atoms with E-state index in [0.29, 0.717) is 28.6 Å². The quantitative estimate of drug-likeness (QED) is 0.329. The number of benzene rings is 2. The lowest BCUT2D eigenvalue weighted by Crippen LogP contribution is -2.10. The molecular weight excluding hydrogens is 392 g/mol. The molecule has 30 heavy (non-hydrogen) atoms. The van der Waals surface area contributed by atoms with Crippen molar-refractivity contribution in [3.05, 3.63) is 41.2 Å². The summed E-state index contributed by atoms with van der Waals surface area (Å²) >= 11 is 0. The number of hydrogen-bond donors (Lipinski definition) is 0. The topological polar surface area (TPSA) is 81.7 Å². The van der Waals surface area contributed by atoms with E-state index in [0.717, 1.165) is 0 Å². The Kier molecular flexibility index (Phi) is 7.80. The van der Waals surface area contributed by atoms with Crippen LogP contribution in [0.2, 0.25) is 0 Å². The van der Waals surface area contributed by atoms with Crippen molar-refractivity contribution in [2.45, 2.75) is 0 Å². The van der Waals surface area contributed by atoms with Crippen LogP contribution in [0.4, 0.5) is 0 Å². The Morgan fingerprint density at radius 2 is 1.03 bits per heavy atom. The van der Waals surface area contributed by atoms with Crippen LogP contribution in [0.5, 0.6) is 34.5 Å². The second-order valence-corrected chi connectivity index (χ2v) is 5.89. The van der Waals surface area contributed by atoms with Crippen molar-refractivity contribution < 1.29 is 38.0 Å². The normalized spacial score (nSPS) is 10.8. The fraction of sp³-hybridized carbons (Fsp3) is 0.318. The van der Waals surface area contributed by atoms with Gasteiger partial charge in [-0.3, -0.25) is 4.79 Å². The van der Waals surface area contributed by atoms with Crippen molar-refractivity contribution in [1.29, 1.82) is 0 Å². The molecule has 0 saturated heterocycles. The van der Waals surface area contributed by atoms with E-state index in [9.17, 15) is 4.79 Å². The maximum Gasteiger partial charge on any atom is 0.235 e. The highest BCUT2D eigenvalue weighted by molar-refractivity contribution is 6.13. The van der Waals surface area contributed by atoms with Crippen LogP contribution in [0, 0.1) is 0 Å². The zero-order valence-electron chi connectivity index (χ0n) is 18.2. The molecule has 0 heterocycles. The Hall–Kier alpha value is -3.55. The predicted octanol–water partition coefficient (Wildman–Crippen LogP) is 3.61. The van der Waals surface area contributed by atoms with Crippen LogP contribution in [0.1, 0.15) is 15.9 Å². The zero-order valence-corrected chi connectivity index (χ0v) is 18.2. The number of ketones is 1. The highest BCUT2D eigenvalue weighted by atomic mass is 16.5. The summed E-state index contributed by atoms with van der Waals surface area (Å²) in [5, 5.41) is 0. The first-order valence-electron chi connectivity index (χ1n) is 8.88. The molecule has 0 spiro atoms. The fourth-order valence-electron chi connectivity index (χ4n) is 2.88. The van der Waals surface area contributed by atoms with E-state index in [-0.39, 0.29) is 22.8 Å². The van der Waals surface area contributed by atoms with Gasteiger partial charge < -0.3 is 33.2 Å². The van der Waals surface area contributed by atoms with E-state index in [1.54, 1.807) is 24.3 Å². The molecule has 0 bridgehead atoms. The first-order chi connectivity index (χ1) is 14.5.